The van der Waals surface area contributed by atoms with Crippen LogP contribution in [0, 0.1) is 4.77 Å². The fourth-order valence-corrected chi connectivity index (χ4v) is 3.38. The number of nitrogens with zero attached hydrogens (tertiary/aromatic N) is 3. The molecule has 1 aromatic heterocycles. The van der Waals surface area contributed by atoms with Crippen molar-refractivity contribution in [1.82, 2.24) is 19.7 Å². The van der Waals surface area contributed by atoms with E-state index in [1.165, 1.54) is 5.39 Å². The van der Waals surface area contributed by atoms with Gasteiger partial charge in [-0.1, -0.05) is 43.0 Å². The Bertz CT molecular complexity index is 1110. The van der Waals surface area contributed by atoms with Gasteiger partial charge in [0.1, 0.15) is 0 Å². The number of aromatic nitrogens is 3. The molecule has 1 N–H and O–H groups in total. The predicted molar refractivity (Wildman–Crippen MR) is 105 cm³/mol. The van der Waals surface area contributed by atoms with Gasteiger partial charge in [-0.2, -0.15) is 5.10 Å². The fraction of sp³-hybridized carbons (Fsp3) is 0.100. The van der Waals surface area contributed by atoms with E-state index in [1.807, 2.05) is 40.9 Å². The van der Waals surface area contributed by atoms with Crippen molar-refractivity contribution in [2.45, 2.75) is 6.92 Å². The number of H-pyrrole nitrogens is 1. The molecule has 0 saturated carbocycles. The second-order valence-electron chi connectivity index (χ2n) is 6.16. The van der Waals surface area contributed by atoms with Crippen molar-refractivity contribution in [3.63, 3.8) is 0 Å². The standard InChI is InChI=1S/C20H18N4S/c1-13-11-14(2)23(3)12-17(13)19-21-22-20(25)24(19)18-10-6-8-15-7-4-5-9-16(15)18/h4-12H,2H2,1,3H3,(H,22,25). The van der Waals surface area contributed by atoms with Crippen LogP contribution in [0.15, 0.2) is 72.6 Å². The molecule has 0 saturated heterocycles. The first kappa shape index (κ1) is 15.6. The molecular weight excluding hydrogens is 328 g/mol. The van der Waals surface area contributed by atoms with Crippen LogP contribution in [-0.4, -0.2) is 26.7 Å². The smallest absolute Gasteiger partial charge is 0.200 e. The Morgan fingerprint density at radius 1 is 1.12 bits per heavy atom. The number of hydrogen-bond donors (Lipinski definition) is 1. The normalized spacial score (nSPS) is 14.6. The van der Waals surface area contributed by atoms with Gasteiger partial charge in [-0.3, -0.25) is 9.67 Å². The van der Waals surface area contributed by atoms with E-state index in [-0.39, 0.29) is 0 Å². The summed E-state index contributed by atoms with van der Waals surface area (Å²) < 4.78 is 2.58. The van der Waals surface area contributed by atoms with Gasteiger partial charge in [-0.15, -0.1) is 0 Å². The Morgan fingerprint density at radius 2 is 1.88 bits per heavy atom. The average Bonchev–Trinajstić information content (AvgIpc) is 2.99. The molecule has 2 heterocycles. The van der Waals surface area contributed by atoms with E-state index in [2.05, 4.69) is 54.0 Å². The number of fused-ring (bicyclic) bond motifs is 1. The second kappa shape index (κ2) is 5.86. The summed E-state index contributed by atoms with van der Waals surface area (Å²) in [5, 5.41) is 9.77. The van der Waals surface area contributed by atoms with Crippen LogP contribution in [0.3, 0.4) is 0 Å². The van der Waals surface area contributed by atoms with Crippen molar-refractivity contribution in [2.24, 2.45) is 0 Å². The summed E-state index contributed by atoms with van der Waals surface area (Å²) in [7, 11) is 1.98. The third-order valence-corrected chi connectivity index (χ3v) is 4.78. The van der Waals surface area contributed by atoms with Crippen LogP contribution in [0.25, 0.3) is 22.0 Å². The number of nitrogens with one attached hydrogen (secondary N) is 1. The van der Waals surface area contributed by atoms with Crippen LogP contribution in [0.1, 0.15) is 12.7 Å². The van der Waals surface area contributed by atoms with Crippen LogP contribution >= 0.6 is 12.2 Å². The summed E-state index contributed by atoms with van der Waals surface area (Å²) >= 11 is 5.55. The molecule has 0 fully saturated rings. The predicted octanol–water partition coefficient (Wildman–Crippen LogP) is 4.83. The van der Waals surface area contributed by atoms with Gasteiger partial charge in [0.05, 0.1) is 5.69 Å². The van der Waals surface area contributed by atoms with E-state index >= 15 is 0 Å². The van der Waals surface area contributed by atoms with Crippen LogP contribution in [-0.2, 0) is 0 Å². The summed E-state index contributed by atoms with van der Waals surface area (Å²) in [6.45, 7) is 6.11. The van der Waals surface area contributed by atoms with Crippen molar-refractivity contribution in [3.8, 4) is 5.69 Å². The van der Waals surface area contributed by atoms with Gasteiger partial charge < -0.3 is 4.90 Å². The van der Waals surface area contributed by atoms with Gasteiger partial charge in [0.2, 0.25) is 0 Å². The highest BCUT2D eigenvalue weighted by atomic mass is 32.1. The molecule has 1 aliphatic rings. The average molecular weight is 346 g/mol. The minimum absolute atomic E-state index is 0.576. The second-order valence-corrected chi connectivity index (χ2v) is 6.55. The summed E-state index contributed by atoms with van der Waals surface area (Å²) in [6.07, 6.45) is 4.10. The zero-order chi connectivity index (χ0) is 17.6. The first-order valence-corrected chi connectivity index (χ1v) is 8.45. The fourth-order valence-electron chi connectivity index (χ4n) is 3.15. The van der Waals surface area contributed by atoms with Crippen molar-refractivity contribution in [2.75, 3.05) is 7.05 Å². The summed E-state index contributed by atoms with van der Waals surface area (Å²) in [6, 6.07) is 14.5. The molecule has 124 valence electrons. The highest BCUT2D eigenvalue weighted by Gasteiger charge is 2.19. The largest absolute Gasteiger partial charge is 0.351 e. The van der Waals surface area contributed by atoms with Gasteiger partial charge in [-0.25, -0.2) is 0 Å². The van der Waals surface area contributed by atoms with Gasteiger partial charge in [0, 0.05) is 29.9 Å². The van der Waals surface area contributed by atoms with E-state index in [4.69, 9.17) is 12.2 Å². The maximum atomic E-state index is 5.55. The molecule has 0 unspecified atom stereocenters. The van der Waals surface area contributed by atoms with E-state index in [0.717, 1.165) is 33.7 Å². The lowest BCUT2D eigenvalue weighted by molar-refractivity contribution is 0.586. The number of benzene rings is 2. The summed E-state index contributed by atoms with van der Waals surface area (Å²) in [5.41, 5.74) is 4.11. The van der Waals surface area contributed by atoms with Crippen LogP contribution < -0.4 is 0 Å². The lowest BCUT2D eigenvalue weighted by atomic mass is 10.0. The topological polar surface area (TPSA) is 36.9 Å². The number of hydrogen-bond acceptors (Lipinski definition) is 3. The molecule has 2 aromatic carbocycles. The maximum Gasteiger partial charge on any atom is 0.200 e. The Hall–Kier alpha value is -2.92. The Labute approximate surface area is 151 Å². The molecule has 0 aliphatic carbocycles. The van der Waals surface area contributed by atoms with Gasteiger partial charge in [0.15, 0.2) is 10.6 Å². The van der Waals surface area contributed by atoms with Crippen molar-refractivity contribution in [3.05, 3.63) is 83.2 Å². The third-order valence-electron chi connectivity index (χ3n) is 4.50. The molecule has 0 bridgehead atoms. The van der Waals surface area contributed by atoms with E-state index in [1.54, 1.807) is 0 Å². The minimum atomic E-state index is 0.576. The lowest BCUT2D eigenvalue weighted by Gasteiger charge is -2.23. The zero-order valence-corrected chi connectivity index (χ0v) is 15.0. The molecule has 1 aliphatic heterocycles. The van der Waals surface area contributed by atoms with E-state index in [9.17, 15) is 0 Å². The number of likely N-dealkylation sites (N-methyl/N-ethyl adjacent to an activating group) is 1. The molecule has 5 heteroatoms. The highest BCUT2D eigenvalue weighted by molar-refractivity contribution is 7.71. The monoisotopic (exact) mass is 346 g/mol. The molecule has 4 nitrogen and oxygen atoms in total. The molecule has 0 atom stereocenters. The Balaban J connectivity index is 1.98. The van der Waals surface area contributed by atoms with Crippen LogP contribution in [0.5, 0.6) is 0 Å². The van der Waals surface area contributed by atoms with Gasteiger partial charge >= 0.3 is 0 Å². The van der Waals surface area contributed by atoms with Crippen molar-refractivity contribution < 1.29 is 0 Å². The van der Waals surface area contributed by atoms with E-state index in [0.29, 0.717) is 4.77 Å². The Morgan fingerprint density at radius 3 is 2.72 bits per heavy atom. The van der Waals surface area contributed by atoms with Gasteiger partial charge in [0.25, 0.3) is 0 Å². The van der Waals surface area contributed by atoms with Crippen molar-refractivity contribution >= 4 is 28.6 Å². The molecule has 4 rings (SSSR count). The van der Waals surface area contributed by atoms with Crippen LogP contribution in [0.4, 0.5) is 0 Å². The van der Waals surface area contributed by atoms with Crippen LogP contribution in [0.2, 0.25) is 0 Å². The third kappa shape index (κ3) is 2.53. The quantitative estimate of drug-likeness (QED) is 0.675. The molecule has 0 radical (unpaired) electrons. The summed E-state index contributed by atoms with van der Waals surface area (Å²) in [5.74, 6) is 0.800. The molecule has 3 aromatic rings. The lowest BCUT2D eigenvalue weighted by Crippen LogP contribution is -2.15. The molecular formula is C20H18N4S. The zero-order valence-electron chi connectivity index (χ0n) is 14.2. The number of aromatic amines is 1. The summed E-state index contributed by atoms with van der Waals surface area (Å²) in [4.78, 5) is 1.99. The SMILES string of the molecule is C=C1C=C(C)C(c2n[nH]c(=S)n2-c2cccc3ccccc23)=CN1C. The van der Waals surface area contributed by atoms with Crippen molar-refractivity contribution in [1.29, 1.82) is 0 Å². The highest BCUT2D eigenvalue weighted by Crippen LogP contribution is 2.31. The number of rotatable bonds is 2. The first-order valence-electron chi connectivity index (χ1n) is 8.04. The first-order chi connectivity index (χ1) is 12.1. The molecule has 0 spiro atoms. The molecule has 25 heavy (non-hydrogen) atoms. The number of allylic oxidation sites excluding steroid dienone is 3. The molecule has 0 amide bonds. The van der Waals surface area contributed by atoms with E-state index < -0.39 is 0 Å². The minimum Gasteiger partial charge on any atom is -0.351 e. The maximum absolute atomic E-state index is 5.55. The van der Waals surface area contributed by atoms with Gasteiger partial charge in [-0.05, 0) is 42.2 Å². The Kier molecular flexibility index (Phi) is 3.66.